The second-order valence-electron chi connectivity index (χ2n) is 5.46. The first-order valence-corrected chi connectivity index (χ1v) is 8.48. The Kier molecular flexibility index (Phi) is 4.46. The molecular formula is C11H22N4O2S2. The zero-order chi connectivity index (χ0) is 14.1. The molecule has 0 atom stereocenters. The molecule has 3 N–H and O–H groups in total. The first kappa shape index (κ1) is 15.1. The van der Waals surface area contributed by atoms with Crippen LogP contribution in [-0.2, 0) is 10.2 Å². The molecule has 0 spiro atoms. The third kappa shape index (κ3) is 3.25. The van der Waals surface area contributed by atoms with E-state index in [2.05, 4.69) is 9.62 Å². The van der Waals surface area contributed by atoms with Gasteiger partial charge in [-0.2, -0.15) is 17.4 Å². The van der Waals surface area contributed by atoms with Crippen LogP contribution in [0.25, 0.3) is 0 Å². The van der Waals surface area contributed by atoms with Gasteiger partial charge in [0.2, 0.25) is 0 Å². The fraction of sp³-hybridized carbons (Fsp3) is 0.909. The lowest BCUT2D eigenvalue weighted by atomic mass is 9.89. The summed E-state index contributed by atoms with van der Waals surface area (Å²) in [7, 11) is -1.47. The van der Waals surface area contributed by atoms with E-state index in [0.29, 0.717) is 25.9 Å². The van der Waals surface area contributed by atoms with Crippen molar-refractivity contribution in [3.63, 3.8) is 0 Å². The lowest BCUT2D eigenvalue weighted by Gasteiger charge is -2.40. The summed E-state index contributed by atoms with van der Waals surface area (Å²) >= 11 is 5.12. The average Bonchev–Trinajstić information content (AvgIpc) is 2.86. The van der Waals surface area contributed by atoms with E-state index in [0.717, 1.165) is 25.9 Å². The van der Waals surface area contributed by atoms with Crippen molar-refractivity contribution in [2.45, 2.75) is 31.2 Å². The predicted octanol–water partition coefficient (Wildman–Crippen LogP) is -0.333. The molecule has 0 aromatic carbocycles. The van der Waals surface area contributed by atoms with Gasteiger partial charge in [-0.15, -0.1) is 0 Å². The highest BCUT2D eigenvalue weighted by Crippen LogP contribution is 2.24. The van der Waals surface area contributed by atoms with Gasteiger partial charge in [0.15, 0.2) is 0 Å². The van der Waals surface area contributed by atoms with E-state index in [-0.39, 0.29) is 4.99 Å². The Morgan fingerprint density at radius 3 is 2.21 bits per heavy atom. The number of hydrogen-bond acceptors (Lipinski definition) is 4. The third-order valence-electron chi connectivity index (χ3n) is 4.04. The van der Waals surface area contributed by atoms with Crippen molar-refractivity contribution in [2.24, 2.45) is 5.73 Å². The molecule has 2 saturated heterocycles. The molecule has 2 rings (SSSR count). The second-order valence-corrected chi connectivity index (χ2v) is 7.57. The number of nitrogens with zero attached hydrogens (tertiary/aromatic N) is 2. The van der Waals surface area contributed by atoms with Gasteiger partial charge in [0.1, 0.15) is 0 Å². The first-order valence-electron chi connectivity index (χ1n) is 6.63. The molecule has 2 aliphatic heterocycles. The molecule has 19 heavy (non-hydrogen) atoms. The Labute approximate surface area is 120 Å². The van der Waals surface area contributed by atoms with Gasteiger partial charge < -0.3 is 10.6 Å². The Morgan fingerprint density at radius 2 is 1.74 bits per heavy atom. The van der Waals surface area contributed by atoms with E-state index in [1.54, 1.807) is 0 Å². The molecule has 2 fully saturated rings. The van der Waals surface area contributed by atoms with Crippen molar-refractivity contribution < 1.29 is 8.42 Å². The summed E-state index contributed by atoms with van der Waals surface area (Å²) in [5.74, 6) is 0. The molecular weight excluding hydrogens is 284 g/mol. The molecule has 0 aromatic rings. The highest BCUT2D eigenvalue weighted by Gasteiger charge is 2.42. The van der Waals surface area contributed by atoms with Gasteiger partial charge in [-0.25, -0.2) is 0 Å². The zero-order valence-electron chi connectivity index (χ0n) is 11.3. The summed E-state index contributed by atoms with van der Waals surface area (Å²) < 4.78 is 29.0. The van der Waals surface area contributed by atoms with Crippen molar-refractivity contribution in [3.05, 3.63) is 0 Å². The summed E-state index contributed by atoms with van der Waals surface area (Å²) in [6.07, 6.45) is 3.10. The van der Waals surface area contributed by atoms with Gasteiger partial charge in [0.25, 0.3) is 10.2 Å². The van der Waals surface area contributed by atoms with Crippen LogP contribution < -0.4 is 10.5 Å². The molecule has 0 radical (unpaired) electrons. The van der Waals surface area contributed by atoms with E-state index >= 15 is 0 Å². The van der Waals surface area contributed by atoms with Gasteiger partial charge in [0.05, 0.1) is 10.5 Å². The van der Waals surface area contributed by atoms with Gasteiger partial charge in [0, 0.05) is 26.2 Å². The Bertz CT molecular complexity index is 438. The molecule has 2 heterocycles. The minimum absolute atomic E-state index is 0.253. The van der Waals surface area contributed by atoms with Crippen LogP contribution in [-0.4, -0.2) is 61.4 Å². The summed E-state index contributed by atoms with van der Waals surface area (Å²) in [6.45, 7) is 2.75. The number of likely N-dealkylation sites (tertiary alicyclic amines) is 1. The minimum Gasteiger partial charge on any atom is -0.392 e. The molecule has 0 aliphatic carbocycles. The lowest BCUT2D eigenvalue weighted by molar-refractivity contribution is 0.218. The number of hydrogen-bond donors (Lipinski definition) is 2. The predicted molar refractivity (Wildman–Crippen MR) is 79.1 cm³/mol. The Hall–Kier alpha value is -0.280. The largest absolute Gasteiger partial charge is 0.392 e. The van der Waals surface area contributed by atoms with Gasteiger partial charge in [-0.3, -0.25) is 0 Å². The summed E-state index contributed by atoms with van der Waals surface area (Å²) in [5.41, 5.74) is 5.06. The second kappa shape index (κ2) is 5.61. The number of thiocarbonyl (C=S) groups is 1. The summed E-state index contributed by atoms with van der Waals surface area (Å²) in [5, 5.41) is 0. The van der Waals surface area contributed by atoms with Crippen LogP contribution in [0.1, 0.15) is 25.7 Å². The zero-order valence-corrected chi connectivity index (χ0v) is 12.9. The van der Waals surface area contributed by atoms with Crippen LogP contribution in [0.3, 0.4) is 0 Å². The van der Waals surface area contributed by atoms with Crippen molar-refractivity contribution in [2.75, 3.05) is 33.2 Å². The molecule has 0 amide bonds. The molecule has 0 bridgehead atoms. The van der Waals surface area contributed by atoms with Crippen LogP contribution in [0.5, 0.6) is 0 Å². The average molecular weight is 306 g/mol. The molecule has 0 saturated carbocycles. The SMILES string of the molecule is CN1CCC(NS(=O)(=O)N2CCCC2)(C(N)=S)CC1. The van der Waals surface area contributed by atoms with Crippen molar-refractivity contribution >= 4 is 27.4 Å². The van der Waals surface area contributed by atoms with Gasteiger partial charge >= 0.3 is 0 Å². The standard InChI is InChI=1S/C11H22N4O2S2/c1-14-8-4-11(5-9-14,10(12)18)13-19(16,17)15-6-2-3-7-15/h13H,2-9H2,1H3,(H2,12,18). The van der Waals surface area contributed by atoms with E-state index in [4.69, 9.17) is 18.0 Å². The summed E-state index contributed by atoms with van der Waals surface area (Å²) in [6, 6.07) is 0. The van der Waals surface area contributed by atoms with Crippen molar-refractivity contribution in [3.8, 4) is 0 Å². The maximum Gasteiger partial charge on any atom is 0.280 e. The fourth-order valence-corrected chi connectivity index (χ4v) is 4.63. The number of piperidine rings is 1. The van der Waals surface area contributed by atoms with Crippen LogP contribution >= 0.6 is 12.2 Å². The Morgan fingerprint density at radius 1 is 1.21 bits per heavy atom. The topological polar surface area (TPSA) is 78.7 Å². The maximum atomic E-state index is 12.4. The Balaban J connectivity index is 2.15. The smallest absolute Gasteiger partial charge is 0.280 e. The van der Waals surface area contributed by atoms with Crippen LogP contribution in [0.2, 0.25) is 0 Å². The number of nitrogens with two attached hydrogens (primary N) is 1. The van der Waals surface area contributed by atoms with Crippen LogP contribution in [0.4, 0.5) is 0 Å². The third-order valence-corrected chi connectivity index (χ3v) is 6.13. The molecule has 110 valence electrons. The van der Waals surface area contributed by atoms with E-state index in [9.17, 15) is 8.42 Å². The number of rotatable bonds is 4. The quantitative estimate of drug-likeness (QED) is 0.695. The number of nitrogens with one attached hydrogen (secondary N) is 1. The lowest BCUT2D eigenvalue weighted by Crippen LogP contribution is -2.63. The van der Waals surface area contributed by atoms with E-state index < -0.39 is 15.7 Å². The van der Waals surface area contributed by atoms with Crippen molar-refractivity contribution in [1.29, 1.82) is 0 Å². The van der Waals surface area contributed by atoms with Crippen LogP contribution in [0.15, 0.2) is 0 Å². The highest BCUT2D eigenvalue weighted by atomic mass is 32.2. The highest BCUT2D eigenvalue weighted by molar-refractivity contribution is 7.87. The van der Waals surface area contributed by atoms with E-state index in [1.165, 1.54) is 4.31 Å². The fourth-order valence-electron chi connectivity index (χ4n) is 2.64. The molecule has 6 nitrogen and oxygen atoms in total. The monoisotopic (exact) mass is 306 g/mol. The maximum absolute atomic E-state index is 12.4. The normalized spacial score (nSPS) is 25.5. The molecule has 0 aromatic heterocycles. The molecule has 2 aliphatic rings. The minimum atomic E-state index is -3.48. The van der Waals surface area contributed by atoms with Gasteiger partial charge in [-0.1, -0.05) is 12.2 Å². The molecule has 0 unspecified atom stereocenters. The van der Waals surface area contributed by atoms with Crippen molar-refractivity contribution in [1.82, 2.24) is 13.9 Å². The first-order chi connectivity index (χ1) is 8.86. The van der Waals surface area contributed by atoms with Gasteiger partial charge in [-0.05, 0) is 32.7 Å². The van der Waals surface area contributed by atoms with Crippen LogP contribution in [0, 0.1) is 0 Å². The summed E-state index contributed by atoms with van der Waals surface area (Å²) in [4.78, 5) is 2.41. The molecule has 8 heteroatoms. The van der Waals surface area contributed by atoms with E-state index in [1.807, 2.05) is 7.05 Å².